The Hall–Kier alpha value is -3.22. The van der Waals surface area contributed by atoms with Crippen molar-refractivity contribution in [2.24, 2.45) is 0 Å². The molecule has 0 spiro atoms. The Kier molecular flexibility index (Phi) is 5.52. The van der Waals surface area contributed by atoms with Gasteiger partial charge in [0, 0.05) is 30.9 Å². The zero-order valence-electron chi connectivity index (χ0n) is 18.8. The summed E-state index contributed by atoms with van der Waals surface area (Å²) in [5.41, 5.74) is 6.90. The fraction of sp³-hybridized carbons (Fsp3) is 0.417. The number of piperidine rings is 1. The molecule has 2 aromatic heterocycles. The van der Waals surface area contributed by atoms with Crippen LogP contribution in [0.25, 0.3) is 5.65 Å². The Labute approximate surface area is 182 Å². The molecule has 0 saturated carbocycles. The van der Waals surface area contributed by atoms with Crippen LogP contribution < -0.4 is 5.32 Å². The van der Waals surface area contributed by atoms with Crippen LogP contribution in [-0.2, 0) is 4.79 Å². The van der Waals surface area contributed by atoms with E-state index in [2.05, 4.69) is 17.2 Å². The summed E-state index contributed by atoms with van der Waals surface area (Å²) in [5, 5.41) is 7.64. The van der Waals surface area contributed by atoms with E-state index in [0.717, 1.165) is 53.1 Å². The maximum absolute atomic E-state index is 13.7. The quantitative estimate of drug-likeness (QED) is 0.687. The van der Waals surface area contributed by atoms with Crippen molar-refractivity contribution in [2.45, 2.75) is 59.9 Å². The topological polar surface area (TPSA) is 79.6 Å². The number of carbonyl (C=O) groups excluding carboxylic acids is 2. The van der Waals surface area contributed by atoms with Crippen LogP contribution in [-0.4, -0.2) is 37.9 Å². The summed E-state index contributed by atoms with van der Waals surface area (Å²) in [6.45, 7) is 10.2. The van der Waals surface area contributed by atoms with E-state index in [-0.39, 0.29) is 17.9 Å². The highest BCUT2D eigenvalue weighted by Gasteiger charge is 2.32. The van der Waals surface area contributed by atoms with E-state index in [4.69, 9.17) is 5.10 Å². The molecule has 7 nitrogen and oxygen atoms in total. The van der Waals surface area contributed by atoms with E-state index in [0.29, 0.717) is 17.8 Å². The van der Waals surface area contributed by atoms with Crippen molar-refractivity contribution in [1.29, 1.82) is 0 Å². The van der Waals surface area contributed by atoms with Crippen LogP contribution in [0.4, 0.5) is 5.69 Å². The summed E-state index contributed by atoms with van der Waals surface area (Å²) in [5.74, 6) is -0.271. The lowest BCUT2D eigenvalue weighted by Gasteiger charge is -2.35. The molecular formula is C24H29N5O2. The van der Waals surface area contributed by atoms with E-state index in [1.165, 1.54) is 6.92 Å². The Morgan fingerprint density at radius 2 is 1.87 bits per heavy atom. The molecule has 1 saturated heterocycles. The number of nitrogens with zero attached hydrogens (tertiary/aromatic N) is 4. The monoisotopic (exact) mass is 419 g/mol. The standard InChI is InChI=1S/C24H29N5O2/c1-14-9-10-20(26-18(5)30)19(12-14)24(31)28-11-7-6-8-22(28)21-13-23-25-16(3)15(2)17(4)29(23)27-21/h9-10,12-13,22H,6-8,11H2,1-5H3,(H,26,30)/t22-/m0/s1. The summed E-state index contributed by atoms with van der Waals surface area (Å²) >= 11 is 0. The zero-order chi connectivity index (χ0) is 22.3. The second kappa shape index (κ2) is 8.13. The number of fused-ring (bicyclic) bond motifs is 1. The number of likely N-dealkylation sites (tertiary alicyclic amines) is 1. The number of benzene rings is 1. The molecule has 7 heteroatoms. The van der Waals surface area contributed by atoms with E-state index < -0.39 is 0 Å². The average molecular weight is 420 g/mol. The first-order chi connectivity index (χ1) is 14.8. The van der Waals surface area contributed by atoms with Gasteiger partial charge in [0.1, 0.15) is 0 Å². The van der Waals surface area contributed by atoms with Gasteiger partial charge in [-0.2, -0.15) is 5.10 Å². The molecule has 0 unspecified atom stereocenters. The van der Waals surface area contributed by atoms with Crippen molar-refractivity contribution >= 4 is 23.1 Å². The van der Waals surface area contributed by atoms with Crippen molar-refractivity contribution in [3.05, 3.63) is 58.0 Å². The number of aryl methyl sites for hydroxylation is 3. The van der Waals surface area contributed by atoms with Gasteiger partial charge in [0.05, 0.1) is 23.0 Å². The molecule has 162 valence electrons. The zero-order valence-corrected chi connectivity index (χ0v) is 18.8. The van der Waals surface area contributed by atoms with Gasteiger partial charge < -0.3 is 10.2 Å². The fourth-order valence-electron chi connectivity index (χ4n) is 4.33. The van der Waals surface area contributed by atoms with Gasteiger partial charge in [-0.1, -0.05) is 11.6 Å². The molecule has 3 aromatic rings. The van der Waals surface area contributed by atoms with Gasteiger partial charge in [-0.3, -0.25) is 9.59 Å². The van der Waals surface area contributed by atoms with Gasteiger partial charge in [-0.05, 0) is 64.7 Å². The second-order valence-electron chi connectivity index (χ2n) is 8.49. The highest BCUT2D eigenvalue weighted by atomic mass is 16.2. The third-order valence-electron chi connectivity index (χ3n) is 6.22. The molecule has 3 heterocycles. The molecule has 31 heavy (non-hydrogen) atoms. The minimum atomic E-state index is -0.194. The number of nitrogens with one attached hydrogen (secondary N) is 1. The summed E-state index contributed by atoms with van der Waals surface area (Å²) in [6.07, 6.45) is 2.85. The average Bonchev–Trinajstić information content (AvgIpc) is 3.16. The number of hydrogen-bond donors (Lipinski definition) is 1. The van der Waals surface area contributed by atoms with Crippen LogP contribution in [0, 0.1) is 27.7 Å². The lowest BCUT2D eigenvalue weighted by molar-refractivity contribution is -0.114. The highest BCUT2D eigenvalue weighted by Crippen LogP contribution is 2.33. The lowest BCUT2D eigenvalue weighted by Crippen LogP contribution is -2.39. The summed E-state index contributed by atoms with van der Waals surface area (Å²) in [4.78, 5) is 31.9. The largest absolute Gasteiger partial charge is 0.330 e. The number of carbonyl (C=O) groups is 2. The number of rotatable bonds is 3. The Bertz CT molecular complexity index is 1180. The van der Waals surface area contributed by atoms with Gasteiger partial charge in [0.15, 0.2) is 5.65 Å². The lowest BCUT2D eigenvalue weighted by atomic mass is 9.97. The molecule has 0 aliphatic carbocycles. The van der Waals surface area contributed by atoms with Crippen molar-refractivity contribution in [1.82, 2.24) is 19.5 Å². The minimum Gasteiger partial charge on any atom is -0.330 e. The molecule has 2 amide bonds. The first-order valence-electron chi connectivity index (χ1n) is 10.8. The highest BCUT2D eigenvalue weighted by molar-refractivity contribution is 6.03. The Balaban J connectivity index is 1.74. The van der Waals surface area contributed by atoms with Gasteiger partial charge in [0.25, 0.3) is 5.91 Å². The Morgan fingerprint density at radius 1 is 1.10 bits per heavy atom. The van der Waals surface area contributed by atoms with E-state index in [1.807, 2.05) is 48.4 Å². The number of hydrogen-bond acceptors (Lipinski definition) is 4. The fourth-order valence-corrected chi connectivity index (χ4v) is 4.33. The minimum absolute atomic E-state index is 0.0775. The molecule has 0 bridgehead atoms. The number of anilines is 1. The van der Waals surface area contributed by atoms with Crippen molar-refractivity contribution in [3.8, 4) is 0 Å². The molecule has 1 fully saturated rings. The van der Waals surface area contributed by atoms with Gasteiger partial charge in [-0.25, -0.2) is 9.50 Å². The first kappa shape index (κ1) is 21.0. The number of aromatic nitrogens is 3. The molecule has 1 aliphatic heterocycles. The molecule has 1 aliphatic rings. The third-order valence-corrected chi connectivity index (χ3v) is 6.22. The van der Waals surface area contributed by atoms with Crippen molar-refractivity contribution < 1.29 is 9.59 Å². The van der Waals surface area contributed by atoms with Crippen LogP contribution >= 0.6 is 0 Å². The maximum Gasteiger partial charge on any atom is 0.256 e. The van der Waals surface area contributed by atoms with E-state index >= 15 is 0 Å². The summed E-state index contributed by atoms with van der Waals surface area (Å²) in [7, 11) is 0. The predicted octanol–water partition coefficient (Wildman–Crippen LogP) is 4.29. The third kappa shape index (κ3) is 3.92. The van der Waals surface area contributed by atoms with Crippen LogP contribution in [0.1, 0.15) is 70.8 Å². The van der Waals surface area contributed by atoms with E-state index in [1.54, 1.807) is 6.07 Å². The van der Waals surface area contributed by atoms with Crippen LogP contribution in [0.2, 0.25) is 0 Å². The van der Waals surface area contributed by atoms with Gasteiger partial charge in [0.2, 0.25) is 5.91 Å². The number of amides is 2. The van der Waals surface area contributed by atoms with Crippen LogP contribution in [0.15, 0.2) is 24.3 Å². The molecule has 1 atom stereocenters. The predicted molar refractivity (Wildman–Crippen MR) is 120 cm³/mol. The SMILES string of the molecule is CC(=O)Nc1ccc(C)cc1C(=O)N1CCCC[C@H]1c1cc2nc(C)c(C)c(C)n2n1. The molecule has 1 N–H and O–H groups in total. The van der Waals surface area contributed by atoms with Crippen LogP contribution in [0.5, 0.6) is 0 Å². The molecule has 4 rings (SSSR count). The van der Waals surface area contributed by atoms with Gasteiger partial charge >= 0.3 is 0 Å². The molecule has 0 radical (unpaired) electrons. The normalized spacial score (nSPS) is 16.5. The smallest absolute Gasteiger partial charge is 0.256 e. The van der Waals surface area contributed by atoms with Gasteiger partial charge in [-0.15, -0.1) is 0 Å². The summed E-state index contributed by atoms with van der Waals surface area (Å²) in [6, 6.07) is 7.43. The van der Waals surface area contributed by atoms with E-state index in [9.17, 15) is 9.59 Å². The Morgan fingerprint density at radius 3 is 2.61 bits per heavy atom. The first-order valence-corrected chi connectivity index (χ1v) is 10.8. The summed E-state index contributed by atoms with van der Waals surface area (Å²) < 4.78 is 1.88. The van der Waals surface area contributed by atoms with Crippen molar-refractivity contribution in [2.75, 3.05) is 11.9 Å². The molecular weight excluding hydrogens is 390 g/mol. The second-order valence-corrected chi connectivity index (χ2v) is 8.49. The van der Waals surface area contributed by atoms with Crippen LogP contribution in [0.3, 0.4) is 0 Å². The van der Waals surface area contributed by atoms with Crippen molar-refractivity contribution in [3.63, 3.8) is 0 Å². The molecule has 1 aromatic carbocycles. The maximum atomic E-state index is 13.7.